The Morgan fingerprint density at radius 2 is 1.79 bits per heavy atom. The second-order valence-electron chi connectivity index (χ2n) is 7.42. The Labute approximate surface area is 147 Å². The summed E-state index contributed by atoms with van der Waals surface area (Å²) in [4.78, 5) is 16.9. The normalized spacial score (nSPS) is 17.6. The number of carbonyl (C=O) groups is 1. The SMILES string of the molecule is CC(C)CCC(C)NC(=O)N1CCCN(Cc2ccccc2)CC1. The van der Waals surface area contributed by atoms with Crippen molar-refractivity contribution in [1.82, 2.24) is 15.1 Å². The highest BCUT2D eigenvalue weighted by Crippen LogP contribution is 2.10. The summed E-state index contributed by atoms with van der Waals surface area (Å²) in [5.74, 6) is 0.689. The summed E-state index contributed by atoms with van der Waals surface area (Å²) < 4.78 is 0. The highest BCUT2D eigenvalue weighted by Gasteiger charge is 2.20. The highest BCUT2D eigenvalue weighted by atomic mass is 16.2. The van der Waals surface area contributed by atoms with Crippen molar-refractivity contribution in [3.8, 4) is 0 Å². The molecule has 4 nitrogen and oxygen atoms in total. The predicted octanol–water partition coefficient (Wildman–Crippen LogP) is 3.73. The van der Waals surface area contributed by atoms with Gasteiger partial charge in [0.25, 0.3) is 0 Å². The molecule has 134 valence electrons. The molecule has 0 bridgehead atoms. The second kappa shape index (κ2) is 9.67. The third-order valence-corrected chi connectivity index (χ3v) is 4.67. The standard InChI is InChI=1S/C20H33N3O/c1-17(2)10-11-18(3)21-20(24)23-13-7-12-22(14-15-23)16-19-8-5-4-6-9-19/h4-6,8-9,17-18H,7,10-16H2,1-3H3,(H,21,24). The van der Waals surface area contributed by atoms with E-state index in [0.29, 0.717) is 5.92 Å². The summed E-state index contributed by atoms with van der Waals surface area (Å²) in [6.07, 6.45) is 3.25. The van der Waals surface area contributed by atoms with E-state index in [4.69, 9.17) is 0 Å². The van der Waals surface area contributed by atoms with Gasteiger partial charge in [-0.25, -0.2) is 4.79 Å². The van der Waals surface area contributed by atoms with Crippen LogP contribution in [0, 0.1) is 5.92 Å². The molecule has 0 saturated carbocycles. The van der Waals surface area contributed by atoms with Gasteiger partial charge in [-0.2, -0.15) is 0 Å². The van der Waals surface area contributed by atoms with Gasteiger partial charge in [0.2, 0.25) is 0 Å². The zero-order valence-electron chi connectivity index (χ0n) is 15.5. The van der Waals surface area contributed by atoms with E-state index in [0.717, 1.165) is 52.0 Å². The number of nitrogens with zero attached hydrogens (tertiary/aromatic N) is 2. The average Bonchev–Trinajstić information content (AvgIpc) is 2.79. The first-order valence-electron chi connectivity index (χ1n) is 9.36. The molecule has 1 fully saturated rings. The molecule has 1 unspecified atom stereocenters. The molecular weight excluding hydrogens is 298 g/mol. The Balaban J connectivity index is 1.76. The molecule has 1 aliphatic heterocycles. The van der Waals surface area contributed by atoms with Gasteiger partial charge in [-0.3, -0.25) is 4.90 Å². The van der Waals surface area contributed by atoms with Crippen molar-refractivity contribution in [3.63, 3.8) is 0 Å². The van der Waals surface area contributed by atoms with Crippen LogP contribution in [0.5, 0.6) is 0 Å². The molecule has 1 aliphatic rings. The fourth-order valence-corrected chi connectivity index (χ4v) is 3.13. The molecule has 1 aromatic carbocycles. The summed E-state index contributed by atoms with van der Waals surface area (Å²) in [6, 6.07) is 10.9. The van der Waals surface area contributed by atoms with E-state index >= 15 is 0 Å². The molecule has 2 rings (SSSR count). The first-order valence-corrected chi connectivity index (χ1v) is 9.36. The lowest BCUT2D eigenvalue weighted by atomic mass is 10.0. The number of rotatable bonds is 6. The van der Waals surface area contributed by atoms with E-state index in [-0.39, 0.29) is 12.1 Å². The van der Waals surface area contributed by atoms with Crippen molar-refractivity contribution in [3.05, 3.63) is 35.9 Å². The summed E-state index contributed by atoms with van der Waals surface area (Å²) in [7, 11) is 0. The molecule has 0 spiro atoms. The van der Waals surface area contributed by atoms with E-state index in [1.807, 2.05) is 4.90 Å². The lowest BCUT2D eigenvalue weighted by Gasteiger charge is -2.24. The van der Waals surface area contributed by atoms with Crippen LogP contribution in [0.3, 0.4) is 0 Å². The van der Waals surface area contributed by atoms with Crippen molar-refractivity contribution < 1.29 is 4.79 Å². The van der Waals surface area contributed by atoms with Gasteiger partial charge < -0.3 is 10.2 Å². The van der Waals surface area contributed by atoms with Crippen LogP contribution >= 0.6 is 0 Å². The molecule has 0 aromatic heterocycles. The van der Waals surface area contributed by atoms with Gasteiger partial charge >= 0.3 is 6.03 Å². The quantitative estimate of drug-likeness (QED) is 0.862. The lowest BCUT2D eigenvalue weighted by Crippen LogP contribution is -2.45. The number of carbonyl (C=O) groups excluding carboxylic acids is 1. The Kier molecular flexibility index (Phi) is 7.57. The fraction of sp³-hybridized carbons (Fsp3) is 0.650. The molecule has 0 radical (unpaired) electrons. The summed E-state index contributed by atoms with van der Waals surface area (Å²) >= 11 is 0. The van der Waals surface area contributed by atoms with Crippen LogP contribution in [-0.2, 0) is 6.54 Å². The van der Waals surface area contributed by atoms with E-state index < -0.39 is 0 Å². The monoisotopic (exact) mass is 331 g/mol. The van der Waals surface area contributed by atoms with Gasteiger partial charge in [-0.1, -0.05) is 44.2 Å². The number of benzene rings is 1. The first kappa shape index (κ1) is 18.8. The van der Waals surface area contributed by atoms with Crippen LogP contribution in [0.1, 0.15) is 45.6 Å². The van der Waals surface area contributed by atoms with Crippen LogP contribution in [0.25, 0.3) is 0 Å². The zero-order valence-corrected chi connectivity index (χ0v) is 15.5. The molecule has 1 N–H and O–H groups in total. The van der Waals surface area contributed by atoms with Crippen LogP contribution in [0.2, 0.25) is 0 Å². The van der Waals surface area contributed by atoms with E-state index in [9.17, 15) is 4.79 Å². The van der Waals surface area contributed by atoms with Gasteiger partial charge in [0.1, 0.15) is 0 Å². The van der Waals surface area contributed by atoms with Crippen molar-refractivity contribution in [1.29, 1.82) is 0 Å². The Hall–Kier alpha value is -1.55. The highest BCUT2D eigenvalue weighted by molar-refractivity contribution is 5.74. The molecule has 2 amide bonds. The Bertz CT molecular complexity index is 489. The third kappa shape index (κ3) is 6.52. The van der Waals surface area contributed by atoms with E-state index in [1.165, 1.54) is 5.56 Å². The summed E-state index contributed by atoms with van der Waals surface area (Å²) in [5, 5.41) is 3.17. The van der Waals surface area contributed by atoms with Crippen molar-refractivity contribution >= 4 is 6.03 Å². The molecule has 1 saturated heterocycles. The van der Waals surface area contributed by atoms with E-state index in [1.54, 1.807) is 0 Å². The molecular formula is C20H33N3O. The molecule has 4 heteroatoms. The van der Waals surface area contributed by atoms with Gasteiger partial charge in [0.05, 0.1) is 0 Å². The number of hydrogen-bond donors (Lipinski definition) is 1. The molecule has 0 aliphatic carbocycles. The number of amides is 2. The number of hydrogen-bond acceptors (Lipinski definition) is 2. The van der Waals surface area contributed by atoms with E-state index in [2.05, 4.69) is 61.3 Å². The summed E-state index contributed by atoms with van der Waals surface area (Å²) in [5.41, 5.74) is 1.35. The lowest BCUT2D eigenvalue weighted by molar-refractivity contribution is 0.193. The van der Waals surface area contributed by atoms with Crippen molar-refractivity contribution in [2.24, 2.45) is 5.92 Å². The minimum absolute atomic E-state index is 0.104. The first-order chi connectivity index (χ1) is 11.5. The van der Waals surface area contributed by atoms with Crippen LogP contribution < -0.4 is 5.32 Å². The topological polar surface area (TPSA) is 35.6 Å². The molecule has 1 atom stereocenters. The minimum atomic E-state index is 0.104. The smallest absolute Gasteiger partial charge is 0.317 e. The Morgan fingerprint density at radius 1 is 1.04 bits per heavy atom. The van der Waals surface area contributed by atoms with Crippen molar-refractivity contribution in [2.75, 3.05) is 26.2 Å². The fourth-order valence-electron chi connectivity index (χ4n) is 3.13. The maximum absolute atomic E-state index is 12.5. The maximum Gasteiger partial charge on any atom is 0.317 e. The molecule has 24 heavy (non-hydrogen) atoms. The second-order valence-corrected chi connectivity index (χ2v) is 7.42. The zero-order chi connectivity index (χ0) is 17.4. The average molecular weight is 332 g/mol. The predicted molar refractivity (Wildman–Crippen MR) is 100.0 cm³/mol. The van der Waals surface area contributed by atoms with Crippen molar-refractivity contribution in [2.45, 2.75) is 52.6 Å². The number of urea groups is 1. The van der Waals surface area contributed by atoms with Gasteiger partial charge in [-0.05, 0) is 37.7 Å². The van der Waals surface area contributed by atoms with Gasteiger partial charge in [0.15, 0.2) is 0 Å². The maximum atomic E-state index is 12.5. The molecule has 1 aromatic rings. The minimum Gasteiger partial charge on any atom is -0.336 e. The molecule has 1 heterocycles. The van der Waals surface area contributed by atoms with Gasteiger partial charge in [-0.15, -0.1) is 0 Å². The largest absolute Gasteiger partial charge is 0.336 e. The van der Waals surface area contributed by atoms with Crippen LogP contribution in [0.4, 0.5) is 4.79 Å². The summed E-state index contributed by atoms with van der Waals surface area (Å²) in [6.45, 7) is 11.2. The Morgan fingerprint density at radius 3 is 2.50 bits per heavy atom. The van der Waals surface area contributed by atoms with Crippen LogP contribution in [0.15, 0.2) is 30.3 Å². The third-order valence-electron chi connectivity index (χ3n) is 4.67. The number of nitrogens with one attached hydrogen (secondary N) is 1. The van der Waals surface area contributed by atoms with Crippen LogP contribution in [-0.4, -0.2) is 48.1 Å². The van der Waals surface area contributed by atoms with Gasteiger partial charge in [0, 0.05) is 38.8 Å².